The van der Waals surface area contributed by atoms with Gasteiger partial charge in [-0.25, -0.2) is 4.79 Å². The number of imide groups is 1. The maximum Gasteiger partial charge on any atom is 0.325 e. The minimum atomic E-state index is -1.04. The van der Waals surface area contributed by atoms with Gasteiger partial charge in [-0.1, -0.05) is 36.4 Å². The van der Waals surface area contributed by atoms with Gasteiger partial charge in [-0.2, -0.15) is 0 Å². The predicted molar refractivity (Wildman–Crippen MR) is 94.0 cm³/mol. The molecule has 3 amide bonds. The molecule has 0 bridgehead atoms. The summed E-state index contributed by atoms with van der Waals surface area (Å²) in [6.45, 7) is -0.290. The van der Waals surface area contributed by atoms with E-state index < -0.39 is 11.6 Å². The van der Waals surface area contributed by atoms with Crippen LogP contribution in [-0.4, -0.2) is 36.3 Å². The first-order valence-corrected chi connectivity index (χ1v) is 8.45. The highest BCUT2D eigenvalue weighted by Gasteiger charge is 2.55. The normalized spacial score (nSPS) is 21.0. The van der Waals surface area contributed by atoms with Crippen molar-refractivity contribution in [2.45, 2.75) is 18.4 Å². The van der Waals surface area contributed by atoms with Crippen LogP contribution in [0.1, 0.15) is 27.9 Å². The van der Waals surface area contributed by atoms with Gasteiger partial charge in [-0.05, 0) is 36.1 Å². The van der Waals surface area contributed by atoms with Crippen molar-refractivity contribution in [2.75, 3.05) is 13.7 Å². The Morgan fingerprint density at radius 3 is 2.81 bits per heavy atom. The fourth-order valence-corrected chi connectivity index (χ4v) is 3.76. The van der Waals surface area contributed by atoms with E-state index in [9.17, 15) is 14.4 Å². The number of ketones is 1. The maximum absolute atomic E-state index is 13.1. The number of nitrogens with zero attached hydrogens (tertiary/aromatic N) is 1. The third-order valence-corrected chi connectivity index (χ3v) is 5.12. The molecular weight excluding hydrogens is 332 g/mol. The van der Waals surface area contributed by atoms with E-state index in [0.29, 0.717) is 17.7 Å². The molecule has 1 saturated heterocycles. The number of nitrogens with one attached hydrogen (secondary N) is 1. The number of rotatable bonds is 4. The summed E-state index contributed by atoms with van der Waals surface area (Å²) < 4.78 is 5.12. The molecule has 1 heterocycles. The van der Waals surface area contributed by atoms with Gasteiger partial charge in [0.15, 0.2) is 5.78 Å². The van der Waals surface area contributed by atoms with Gasteiger partial charge in [0, 0.05) is 5.56 Å². The lowest BCUT2D eigenvalue weighted by Gasteiger charge is -2.22. The molecule has 1 fully saturated rings. The zero-order valence-corrected chi connectivity index (χ0v) is 14.3. The van der Waals surface area contributed by atoms with Crippen LogP contribution < -0.4 is 10.1 Å². The van der Waals surface area contributed by atoms with Crippen molar-refractivity contribution in [2.24, 2.45) is 0 Å². The van der Waals surface area contributed by atoms with Crippen LogP contribution in [0.3, 0.4) is 0 Å². The molecule has 1 aliphatic carbocycles. The van der Waals surface area contributed by atoms with E-state index in [1.807, 2.05) is 24.3 Å². The van der Waals surface area contributed by atoms with Gasteiger partial charge in [-0.15, -0.1) is 0 Å². The first-order chi connectivity index (χ1) is 12.5. The third kappa shape index (κ3) is 2.37. The van der Waals surface area contributed by atoms with Gasteiger partial charge < -0.3 is 10.1 Å². The quantitative estimate of drug-likeness (QED) is 0.678. The van der Waals surface area contributed by atoms with Crippen LogP contribution in [-0.2, 0) is 16.8 Å². The summed E-state index contributed by atoms with van der Waals surface area (Å²) in [7, 11) is 1.52. The van der Waals surface area contributed by atoms with Crippen molar-refractivity contribution >= 4 is 17.7 Å². The Labute approximate surface area is 150 Å². The average molecular weight is 350 g/mol. The van der Waals surface area contributed by atoms with Crippen LogP contribution in [0, 0.1) is 0 Å². The monoisotopic (exact) mass is 350 g/mol. The Balaban J connectivity index is 1.60. The Morgan fingerprint density at radius 2 is 2.00 bits per heavy atom. The largest absolute Gasteiger partial charge is 0.497 e. The molecule has 2 aliphatic rings. The summed E-state index contributed by atoms with van der Waals surface area (Å²) >= 11 is 0. The molecular formula is C20H18N2O4. The number of amides is 3. The summed E-state index contributed by atoms with van der Waals surface area (Å²) in [4.78, 5) is 39.1. The topological polar surface area (TPSA) is 75.7 Å². The first kappa shape index (κ1) is 16.3. The number of carbonyl (C=O) groups is 3. The fraction of sp³-hybridized carbons (Fsp3) is 0.250. The molecule has 0 saturated carbocycles. The standard InChI is InChI=1S/C20H18N2O4/c1-26-15-7-4-6-14(11-15)17(23)12-22-18(24)20(21-19(22)25)10-9-13-5-2-3-8-16(13)20/h2-8,11H,9-10,12H2,1H3,(H,21,25). The van der Waals surface area contributed by atoms with Crippen LogP contribution in [0.2, 0.25) is 0 Å². The lowest BCUT2D eigenvalue weighted by molar-refractivity contribution is -0.131. The zero-order chi connectivity index (χ0) is 18.3. The molecule has 4 rings (SSSR count). The number of hydrogen-bond acceptors (Lipinski definition) is 4. The Hall–Kier alpha value is -3.15. The molecule has 1 N–H and O–H groups in total. The van der Waals surface area contributed by atoms with Crippen LogP contribution in [0.4, 0.5) is 4.79 Å². The number of fused-ring (bicyclic) bond motifs is 2. The lowest BCUT2D eigenvalue weighted by atomic mass is 9.92. The van der Waals surface area contributed by atoms with E-state index in [-0.39, 0.29) is 18.2 Å². The minimum Gasteiger partial charge on any atom is -0.497 e. The van der Waals surface area contributed by atoms with E-state index in [2.05, 4.69) is 5.32 Å². The molecule has 6 nitrogen and oxygen atoms in total. The lowest BCUT2D eigenvalue weighted by Crippen LogP contribution is -2.42. The Morgan fingerprint density at radius 1 is 1.19 bits per heavy atom. The molecule has 132 valence electrons. The van der Waals surface area contributed by atoms with E-state index >= 15 is 0 Å². The summed E-state index contributed by atoms with van der Waals surface area (Å²) in [5.74, 6) is -0.117. The van der Waals surface area contributed by atoms with Gasteiger partial charge in [0.25, 0.3) is 5.91 Å². The molecule has 2 aromatic rings. The van der Waals surface area contributed by atoms with Gasteiger partial charge in [0.2, 0.25) is 0 Å². The van der Waals surface area contributed by atoms with Crippen LogP contribution in [0.25, 0.3) is 0 Å². The molecule has 26 heavy (non-hydrogen) atoms. The molecule has 0 radical (unpaired) electrons. The Kier molecular flexibility index (Phi) is 3.76. The molecule has 1 unspecified atom stereocenters. The average Bonchev–Trinajstić information content (AvgIpc) is 3.15. The summed E-state index contributed by atoms with van der Waals surface area (Å²) in [5.41, 5.74) is 1.25. The van der Waals surface area contributed by atoms with Crippen molar-refractivity contribution in [1.82, 2.24) is 10.2 Å². The van der Waals surface area contributed by atoms with Gasteiger partial charge in [-0.3, -0.25) is 14.5 Å². The SMILES string of the molecule is COc1cccc(C(=O)CN2C(=O)NC3(CCc4ccccc43)C2=O)c1. The van der Waals surface area contributed by atoms with Gasteiger partial charge >= 0.3 is 6.03 Å². The molecule has 2 aromatic carbocycles. The highest BCUT2D eigenvalue weighted by molar-refractivity contribution is 6.11. The number of hydrogen-bond donors (Lipinski definition) is 1. The van der Waals surface area contributed by atoms with E-state index in [1.54, 1.807) is 24.3 Å². The van der Waals surface area contributed by atoms with E-state index in [4.69, 9.17) is 4.74 Å². The van der Waals surface area contributed by atoms with Crippen molar-refractivity contribution in [3.63, 3.8) is 0 Å². The van der Waals surface area contributed by atoms with E-state index in [1.165, 1.54) is 7.11 Å². The van der Waals surface area contributed by atoms with Crippen molar-refractivity contribution in [3.05, 3.63) is 65.2 Å². The van der Waals surface area contributed by atoms with E-state index in [0.717, 1.165) is 22.4 Å². The second-order valence-corrected chi connectivity index (χ2v) is 6.54. The molecule has 1 spiro atoms. The fourth-order valence-electron chi connectivity index (χ4n) is 3.76. The second-order valence-electron chi connectivity index (χ2n) is 6.54. The number of carbonyl (C=O) groups excluding carboxylic acids is 3. The summed E-state index contributed by atoms with van der Waals surface area (Å²) in [6, 6.07) is 13.8. The van der Waals surface area contributed by atoms with Gasteiger partial charge in [0.1, 0.15) is 11.3 Å². The highest BCUT2D eigenvalue weighted by atomic mass is 16.5. The maximum atomic E-state index is 13.1. The number of Topliss-reactive ketones (excluding diaryl/α,β-unsaturated/α-hetero) is 1. The van der Waals surface area contributed by atoms with Crippen LogP contribution in [0.15, 0.2) is 48.5 Å². The Bertz CT molecular complexity index is 924. The number of urea groups is 1. The summed E-state index contributed by atoms with van der Waals surface area (Å²) in [5, 5.41) is 2.83. The number of methoxy groups -OCH3 is 1. The van der Waals surface area contributed by atoms with Crippen molar-refractivity contribution in [3.8, 4) is 5.75 Å². The van der Waals surface area contributed by atoms with Crippen LogP contribution in [0.5, 0.6) is 5.75 Å². The minimum absolute atomic E-state index is 0.290. The third-order valence-electron chi connectivity index (χ3n) is 5.12. The second kappa shape index (κ2) is 5.98. The van der Waals surface area contributed by atoms with Crippen molar-refractivity contribution < 1.29 is 19.1 Å². The summed E-state index contributed by atoms with van der Waals surface area (Å²) in [6.07, 6.45) is 1.24. The molecule has 1 atom stereocenters. The van der Waals surface area contributed by atoms with Crippen molar-refractivity contribution in [1.29, 1.82) is 0 Å². The first-order valence-electron chi connectivity index (χ1n) is 8.45. The number of benzene rings is 2. The zero-order valence-electron chi connectivity index (χ0n) is 14.3. The predicted octanol–water partition coefficient (Wildman–Crippen LogP) is 2.27. The van der Waals surface area contributed by atoms with Crippen LogP contribution >= 0.6 is 0 Å². The number of ether oxygens (including phenoxy) is 1. The smallest absolute Gasteiger partial charge is 0.325 e. The number of aryl methyl sites for hydroxylation is 1. The molecule has 0 aromatic heterocycles. The molecule has 1 aliphatic heterocycles. The molecule has 6 heteroatoms. The van der Waals surface area contributed by atoms with Gasteiger partial charge in [0.05, 0.1) is 13.7 Å². The highest BCUT2D eigenvalue weighted by Crippen LogP contribution is 2.41.